The standard InChI is InChI=1S/C29H33N7O4/c37-25(35-11-2-12-35)3-1-10-34-13-8-29(39,9-14-34)28(38)32-22-6-4-21(5-7-22)24-19-23-26(33-24)30-20-31-27(23)36-15-17-40-18-16-36/h4-7,19-20,39H,2,8-18H2,(H,32,38)(H,30,31,33). The monoisotopic (exact) mass is 543 g/mol. The van der Waals surface area contributed by atoms with Gasteiger partial charge in [-0.2, -0.15) is 0 Å². The Balaban J connectivity index is 1.05. The van der Waals surface area contributed by atoms with Crippen molar-refractivity contribution in [2.45, 2.75) is 24.9 Å². The number of morpholine rings is 1. The molecular formula is C29H33N7O4. The Morgan fingerprint density at radius 3 is 2.50 bits per heavy atom. The Kier molecular flexibility index (Phi) is 7.38. The second kappa shape index (κ2) is 11.3. The van der Waals surface area contributed by atoms with Crippen LogP contribution in [0.3, 0.4) is 0 Å². The van der Waals surface area contributed by atoms with Gasteiger partial charge in [0.05, 0.1) is 25.1 Å². The largest absolute Gasteiger partial charge is 0.380 e. The van der Waals surface area contributed by atoms with Crippen LogP contribution in [-0.4, -0.2) is 106 Å². The number of hydrogen-bond acceptors (Lipinski definition) is 8. The normalized spacial score (nSPS) is 19.0. The second-order valence-corrected chi connectivity index (χ2v) is 10.5. The number of rotatable bonds is 5. The van der Waals surface area contributed by atoms with E-state index in [0.29, 0.717) is 51.4 Å². The maximum atomic E-state index is 13.0. The summed E-state index contributed by atoms with van der Waals surface area (Å²) in [7, 11) is 0. The first kappa shape index (κ1) is 26.3. The van der Waals surface area contributed by atoms with Gasteiger partial charge in [0.1, 0.15) is 23.4 Å². The van der Waals surface area contributed by atoms with Crippen LogP contribution in [0, 0.1) is 11.8 Å². The Labute approximate surface area is 232 Å². The number of aromatic nitrogens is 3. The minimum absolute atomic E-state index is 0.124. The molecule has 1 aromatic carbocycles. The molecule has 2 aromatic heterocycles. The maximum Gasteiger partial charge on any atom is 0.298 e. The van der Waals surface area contributed by atoms with Gasteiger partial charge in [0.2, 0.25) is 0 Å². The number of aliphatic hydroxyl groups is 1. The van der Waals surface area contributed by atoms with Crippen LogP contribution in [0.4, 0.5) is 11.5 Å². The van der Waals surface area contributed by atoms with Crippen molar-refractivity contribution in [2.24, 2.45) is 0 Å². The number of nitrogens with zero attached hydrogens (tertiary/aromatic N) is 5. The average molecular weight is 544 g/mol. The Bertz CT molecular complexity index is 1440. The molecule has 0 aliphatic carbocycles. The Hall–Kier alpha value is -3.98. The number of amides is 2. The van der Waals surface area contributed by atoms with Crippen molar-refractivity contribution in [3.63, 3.8) is 0 Å². The number of piperidine rings is 1. The third-order valence-electron chi connectivity index (χ3n) is 7.92. The predicted molar refractivity (Wildman–Crippen MR) is 151 cm³/mol. The number of aromatic amines is 1. The molecule has 2 amide bonds. The molecule has 0 unspecified atom stereocenters. The molecule has 0 bridgehead atoms. The topological polar surface area (TPSA) is 127 Å². The molecule has 6 rings (SSSR count). The summed E-state index contributed by atoms with van der Waals surface area (Å²) in [5.41, 5.74) is 1.80. The summed E-state index contributed by atoms with van der Waals surface area (Å²) in [6.45, 7) is 6.03. The van der Waals surface area contributed by atoms with Crippen molar-refractivity contribution in [3.8, 4) is 23.1 Å². The molecule has 0 radical (unpaired) electrons. The lowest BCUT2D eigenvalue weighted by Crippen LogP contribution is -2.51. The van der Waals surface area contributed by atoms with Crippen molar-refractivity contribution >= 4 is 34.4 Å². The SMILES string of the molecule is O=C(C#CCN1CCC(O)(C(=O)Nc2ccc(-c3cc4c(N5CCOCC5)ncnc4[nH]3)cc2)CC1)N1CCC1. The first-order valence-corrected chi connectivity index (χ1v) is 13.8. The number of benzene rings is 1. The van der Waals surface area contributed by atoms with Gasteiger partial charge in [0.15, 0.2) is 0 Å². The highest BCUT2D eigenvalue weighted by atomic mass is 16.5. The van der Waals surface area contributed by atoms with Gasteiger partial charge in [0, 0.05) is 50.6 Å². The van der Waals surface area contributed by atoms with Gasteiger partial charge in [0.25, 0.3) is 11.8 Å². The van der Waals surface area contributed by atoms with E-state index in [0.717, 1.165) is 60.7 Å². The van der Waals surface area contributed by atoms with E-state index in [2.05, 4.69) is 48.0 Å². The minimum atomic E-state index is -1.44. The van der Waals surface area contributed by atoms with Crippen LogP contribution in [-0.2, 0) is 14.3 Å². The molecular weight excluding hydrogens is 510 g/mol. The number of carbonyl (C=O) groups excluding carboxylic acids is 2. The van der Waals surface area contributed by atoms with E-state index in [-0.39, 0.29) is 5.91 Å². The van der Waals surface area contributed by atoms with E-state index in [1.54, 1.807) is 11.2 Å². The van der Waals surface area contributed by atoms with Crippen molar-refractivity contribution in [1.82, 2.24) is 24.8 Å². The van der Waals surface area contributed by atoms with Crippen LogP contribution in [0.5, 0.6) is 0 Å². The number of ether oxygens (including phenoxy) is 1. The van der Waals surface area contributed by atoms with Gasteiger partial charge in [-0.1, -0.05) is 18.1 Å². The second-order valence-electron chi connectivity index (χ2n) is 10.5. The minimum Gasteiger partial charge on any atom is -0.380 e. The fourth-order valence-electron chi connectivity index (χ4n) is 5.22. The summed E-state index contributed by atoms with van der Waals surface area (Å²) >= 11 is 0. The number of carbonyl (C=O) groups is 2. The molecule has 3 fully saturated rings. The molecule has 11 nitrogen and oxygen atoms in total. The van der Waals surface area contributed by atoms with Gasteiger partial charge < -0.3 is 29.9 Å². The van der Waals surface area contributed by atoms with E-state index >= 15 is 0 Å². The summed E-state index contributed by atoms with van der Waals surface area (Å²) < 4.78 is 5.47. The van der Waals surface area contributed by atoms with E-state index in [9.17, 15) is 14.7 Å². The fourth-order valence-corrected chi connectivity index (χ4v) is 5.22. The molecule has 208 valence electrons. The van der Waals surface area contributed by atoms with Gasteiger partial charge in [-0.15, -0.1) is 0 Å². The first-order chi connectivity index (χ1) is 19.5. The van der Waals surface area contributed by atoms with E-state index in [1.807, 2.05) is 24.3 Å². The first-order valence-electron chi connectivity index (χ1n) is 13.8. The molecule has 0 atom stereocenters. The molecule has 3 N–H and O–H groups in total. The molecule has 3 saturated heterocycles. The van der Waals surface area contributed by atoms with Crippen LogP contribution in [0.25, 0.3) is 22.3 Å². The number of H-pyrrole nitrogens is 1. The van der Waals surface area contributed by atoms with Gasteiger partial charge in [-0.3, -0.25) is 14.5 Å². The molecule has 0 spiro atoms. The fraction of sp³-hybridized carbons (Fsp3) is 0.448. The molecule has 3 aliphatic rings. The molecule has 3 aliphatic heterocycles. The van der Waals surface area contributed by atoms with Crippen LogP contribution in [0.15, 0.2) is 36.7 Å². The van der Waals surface area contributed by atoms with Crippen molar-refractivity contribution in [2.75, 3.05) is 69.2 Å². The van der Waals surface area contributed by atoms with Crippen molar-refractivity contribution < 1.29 is 19.4 Å². The average Bonchev–Trinajstić information content (AvgIpc) is 3.39. The van der Waals surface area contributed by atoms with Crippen LogP contribution < -0.4 is 10.2 Å². The van der Waals surface area contributed by atoms with E-state index in [4.69, 9.17) is 4.74 Å². The lowest BCUT2D eigenvalue weighted by molar-refractivity contribution is -0.138. The van der Waals surface area contributed by atoms with Crippen molar-refractivity contribution in [1.29, 1.82) is 0 Å². The molecule has 3 aromatic rings. The summed E-state index contributed by atoms with van der Waals surface area (Å²) in [6.07, 6.45) is 3.23. The van der Waals surface area contributed by atoms with Gasteiger partial charge in [-0.05, 0) is 48.9 Å². The summed E-state index contributed by atoms with van der Waals surface area (Å²) in [5, 5.41) is 14.9. The van der Waals surface area contributed by atoms with Crippen LogP contribution in [0.2, 0.25) is 0 Å². The smallest absolute Gasteiger partial charge is 0.298 e. The zero-order chi connectivity index (χ0) is 27.5. The van der Waals surface area contributed by atoms with Crippen molar-refractivity contribution in [3.05, 3.63) is 36.7 Å². The zero-order valence-electron chi connectivity index (χ0n) is 22.4. The third kappa shape index (κ3) is 5.51. The highest BCUT2D eigenvalue weighted by molar-refractivity contribution is 5.97. The lowest BCUT2D eigenvalue weighted by Gasteiger charge is -2.36. The van der Waals surface area contributed by atoms with E-state index < -0.39 is 11.5 Å². The Morgan fingerprint density at radius 2 is 1.80 bits per heavy atom. The highest BCUT2D eigenvalue weighted by Gasteiger charge is 2.39. The number of likely N-dealkylation sites (tertiary alicyclic amines) is 2. The number of nitrogens with one attached hydrogen (secondary N) is 2. The summed E-state index contributed by atoms with van der Waals surface area (Å²) in [5.74, 6) is 5.98. The molecule has 5 heterocycles. The van der Waals surface area contributed by atoms with Crippen LogP contribution in [0.1, 0.15) is 19.3 Å². The van der Waals surface area contributed by atoms with E-state index in [1.165, 1.54) is 0 Å². The lowest BCUT2D eigenvalue weighted by atomic mass is 9.90. The highest BCUT2D eigenvalue weighted by Crippen LogP contribution is 2.30. The zero-order valence-corrected chi connectivity index (χ0v) is 22.4. The maximum absolute atomic E-state index is 13.0. The summed E-state index contributed by atoms with van der Waals surface area (Å²) in [6, 6.07) is 9.56. The third-order valence-corrected chi connectivity index (χ3v) is 7.92. The number of anilines is 2. The Morgan fingerprint density at radius 1 is 1.05 bits per heavy atom. The molecule has 0 saturated carbocycles. The number of fused-ring (bicyclic) bond motifs is 1. The molecule has 11 heteroatoms. The molecule has 40 heavy (non-hydrogen) atoms. The van der Waals surface area contributed by atoms with Gasteiger partial charge >= 0.3 is 0 Å². The van der Waals surface area contributed by atoms with Gasteiger partial charge in [-0.25, -0.2) is 9.97 Å². The number of hydrogen-bond donors (Lipinski definition) is 3. The summed E-state index contributed by atoms with van der Waals surface area (Å²) in [4.78, 5) is 43.2. The quantitative estimate of drug-likeness (QED) is 0.413. The predicted octanol–water partition coefficient (Wildman–Crippen LogP) is 1.46. The van der Waals surface area contributed by atoms with Crippen LogP contribution >= 0.6 is 0 Å².